The summed E-state index contributed by atoms with van der Waals surface area (Å²) in [6, 6.07) is 0. The molecule has 0 aromatic heterocycles. The van der Waals surface area contributed by atoms with Crippen LogP contribution in [0.3, 0.4) is 0 Å². The zero-order valence-corrected chi connectivity index (χ0v) is 4.17. The Hall–Kier alpha value is -0.0800. The Balaban J connectivity index is 2.83. The van der Waals surface area contributed by atoms with E-state index >= 15 is 0 Å². The molecule has 0 heterocycles. The first-order valence-electron chi connectivity index (χ1n) is 2.30. The third-order valence-corrected chi connectivity index (χ3v) is 0.711. The Labute approximate surface area is 43.8 Å². The molecular formula is C5H10O2. The number of aliphatic hydroxyl groups is 2. The van der Waals surface area contributed by atoms with Gasteiger partial charge in [-0.3, -0.25) is 0 Å². The summed E-state index contributed by atoms with van der Waals surface area (Å²) < 4.78 is 0. The summed E-state index contributed by atoms with van der Waals surface area (Å²) in [6.45, 7) is 4.85. The summed E-state index contributed by atoms with van der Waals surface area (Å²) >= 11 is 0. The quantitative estimate of drug-likeness (QED) is 0.519. The molecule has 42 valence electrons. The monoisotopic (exact) mass is 102 g/mol. The molecule has 0 aromatic rings. The predicted molar refractivity (Wildman–Crippen MR) is 26.6 cm³/mol. The van der Waals surface area contributed by atoms with E-state index in [4.69, 9.17) is 17.1 Å². The summed E-state index contributed by atoms with van der Waals surface area (Å²) in [7, 11) is 0. The summed E-state index contributed by atoms with van der Waals surface area (Å²) in [5, 5.41) is 16.7. The minimum absolute atomic E-state index is 0.183. The van der Waals surface area contributed by atoms with Crippen LogP contribution in [0.2, 0.25) is 0 Å². The van der Waals surface area contributed by atoms with Crippen LogP contribution in [0.15, 0.2) is 0 Å². The van der Waals surface area contributed by atoms with Gasteiger partial charge in [-0.25, -0.2) is 0 Å². The van der Waals surface area contributed by atoms with Crippen molar-refractivity contribution in [3.63, 3.8) is 0 Å². The SMILES string of the molecule is [CH]CCC(O)CO. The van der Waals surface area contributed by atoms with Crippen molar-refractivity contribution in [3.05, 3.63) is 6.92 Å². The summed E-state index contributed by atoms with van der Waals surface area (Å²) in [5.41, 5.74) is 0. The molecule has 0 fully saturated rings. The van der Waals surface area contributed by atoms with E-state index in [1.807, 2.05) is 0 Å². The van der Waals surface area contributed by atoms with Crippen molar-refractivity contribution >= 4 is 0 Å². The average molecular weight is 102 g/mol. The molecular weight excluding hydrogens is 92.1 g/mol. The van der Waals surface area contributed by atoms with Gasteiger partial charge in [-0.15, -0.1) is 0 Å². The highest BCUT2D eigenvalue weighted by Crippen LogP contribution is 1.91. The molecule has 1 unspecified atom stereocenters. The minimum Gasteiger partial charge on any atom is -0.394 e. The average Bonchev–Trinajstić information content (AvgIpc) is 1.68. The number of rotatable bonds is 3. The smallest absolute Gasteiger partial charge is 0.0771 e. The fourth-order valence-corrected chi connectivity index (χ4v) is 0.284. The molecule has 0 aliphatic rings. The molecule has 2 N–H and O–H groups in total. The zero-order chi connectivity index (χ0) is 5.70. The van der Waals surface area contributed by atoms with Gasteiger partial charge < -0.3 is 10.2 Å². The molecule has 0 aromatic carbocycles. The molecule has 2 nitrogen and oxygen atoms in total. The van der Waals surface area contributed by atoms with Gasteiger partial charge in [0.1, 0.15) is 0 Å². The van der Waals surface area contributed by atoms with Crippen molar-refractivity contribution in [2.75, 3.05) is 6.61 Å². The van der Waals surface area contributed by atoms with Crippen LogP contribution in [-0.2, 0) is 0 Å². The van der Waals surface area contributed by atoms with Gasteiger partial charge in [0.2, 0.25) is 0 Å². The minimum atomic E-state index is -0.620. The normalized spacial score (nSPS) is 14.1. The lowest BCUT2D eigenvalue weighted by atomic mass is 10.2. The van der Waals surface area contributed by atoms with Crippen LogP contribution in [-0.4, -0.2) is 22.9 Å². The second-order valence-electron chi connectivity index (χ2n) is 1.41. The standard InChI is InChI=1S/C5H10O2/c1-2-3-5(7)4-6/h1,5-7H,2-4H2. The Bertz CT molecular complexity index is 37.1. The van der Waals surface area contributed by atoms with Crippen LogP contribution in [0.4, 0.5) is 0 Å². The van der Waals surface area contributed by atoms with Gasteiger partial charge in [0.05, 0.1) is 12.7 Å². The second kappa shape index (κ2) is 4.09. The molecule has 7 heavy (non-hydrogen) atoms. The maximum atomic E-state index is 8.53. The molecule has 0 saturated carbocycles. The van der Waals surface area contributed by atoms with E-state index in [2.05, 4.69) is 0 Å². The van der Waals surface area contributed by atoms with Gasteiger partial charge in [0.15, 0.2) is 0 Å². The van der Waals surface area contributed by atoms with Crippen LogP contribution < -0.4 is 0 Å². The molecule has 0 saturated heterocycles. The first-order valence-corrected chi connectivity index (χ1v) is 2.30. The van der Waals surface area contributed by atoms with Crippen LogP contribution in [0.1, 0.15) is 12.8 Å². The fraction of sp³-hybridized carbons (Fsp3) is 0.800. The van der Waals surface area contributed by atoms with Gasteiger partial charge in [-0.2, -0.15) is 0 Å². The molecule has 0 amide bonds. The molecule has 1 atom stereocenters. The Morgan fingerprint density at radius 3 is 2.29 bits per heavy atom. The zero-order valence-electron chi connectivity index (χ0n) is 4.17. The van der Waals surface area contributed by atoms with Gasteiger partial charge in [-0.1, -0.05) is 0 Å². The summed E-state index contributed by atoms with van der Waals surface area (Å²) in [5.74, 6) is 0. The van der Waals surface area contributed by atoms with Crippen molar-refractivity contribution in [1.82, 2.24) is 0 Å². The van der Waals surface area contributed by atoms with Crippen molar-refractivity contribution in [2.24, 2.45) is 0 Å². The van der Waals surface area contributed by atoms with E-state index in [-0.39, 0.29) is 6.61 Å². The molecule has 0 aliphatic carbocycles. The topological polar surface area (TPSA) is 40.5 Å². The van der Waals surface area contributed by atoms with Crippen LogP contribution in [0.25, 0.3) is 0 Å². The van der Waals surface area contributed by atoms with Crippen molar-refractivity contribution < 1.29 is 10.2 Å². The highest BCUT2D eigenvalue weighted by molar-refractivity contribution is 4.52. The van der Waals surface area contributed by atoms with E-state index in [9.17, 15) is 0 Å². The molecule has 0 rings (SSSR count). The van der Waals surface area contributed by atoms with Crippen molar-refractivity contribution in [3.8, 4) is 0 Å². The van der Waals surface area contributed by atoms with E-state index in [0.717, 1.165) is 0 Å². The summed E-state index contributed by atoms with van der Waals surface area (Å²) in [6.07, 6.45) is 0.295. The van der Waals surface area contributed by atoms with Crippen molar-refractivity contribution in [2.45, 2.75) is 18.9 Å². The molecule has 2 heteroatoms. The van der Waals surface area contributed by atoms with Crippen LogP contribution in [0, 0.1) is 6.92 Å². The molecule has 0 aliphatic heterocycles. The van der Waals surface area contributed by atoms with Gasteiger partial charge in [-0.05, 0) is 19.8 Å². The number of hydrogen-bond acceptors (Lipinski definition) is 2. The van der Waals surface area contributed by atoms with Gasteiger partial charge >= 0.3 is 0 Å². The highest BCUT2D eigenvalue weighted by atomic mass is 16.3. The second-order valence-corrected chi connectivity index (χ2v) is 1.41. The van der Waals surface area contributed by atoms with Crippen LogP contribution in [0.5, 0.6) is 0 Å². The lowest BCUT2D eigenvalue weighted by Gasteiger charge is -2.00. The number of aliphatic hydroxyl groups excluding tert-OH is 2. The van der Waals surface area contributed by atoms with Crippen LogP contribution >= 0.6 is 0 Å². The lowest BCUT2D eigenvalue weighted by Crippen LogP contribution is -2.10. The van der Waals surface area contributed by atoms with Crippen molar-refractivity contribution in [1.29, 1.82) is 0 Å². The Morgan fingerprint density at radius 1 is 1.57 bits per heavy atom. The Kier molecular flexibility index (Phi) is 4.04. The van der Waals surface area contributed by atoms with E-state index in [1.54, 1.807) is 0 Å². The highest BCUT2D eigenvalue weighted by Gasteiger charge is 1.96. The molecule has 2 radical (unpaired) electrons. The maximum Gasteiger partial charge on any atom is 0.0771 e. The van der Waals surface area contributed by atoms with Gasteiger partial charge in [0, 0.05) is 0 Å². The summed E-state index contributed by atoms with van der Waals surface area (Å²) in [4.78, 5) is 0. The predicted octanol–water partition coefficient (Wildman–Crippen LogP) is -0.169. The van der Waals surface area contributed by atoms with Gasteiger partial charge in [0.25, 0.3) is 0 Å². The third kappa shape index (κ3) is 3.76. The van der Waals surface area contributed by atoms with E-state index in [1.165, 1.54) is 0 Å². The first-order chi connectivity index (χ1) is 3.31. The van der Waals surface area contributed by atoms with E-state index in [0.29, 0.717) is 12.8 Å². The Morgan fingerprint density at radius 2 is 2.14 bits per heavy atom. The lowest BCUT2D eigenvalue weighted by molar-refractivity contribution is 0.0890. The maximum absolute atomic E-state index is 8.53. The molecule has 0 spiro atoms. The third-order valence-electron chi connectivity index (χ3n) is 0.711. The number of hydrogen-bond donors (Lipinski definition) is 2. The largest absolute Gasteiger partial charge is 0.394 e. The van der Waals surface area contributed by atoms with E-state index < -0.39 is 6.10 Å². The molecule has 0 bridgehead atoms. The fourth-order valence-electron chi connectivity index (χ4n) is 0.284. The first kappa shape index (κ1) is 6.92.